The molecule has 1 heteroatoms. The summed E-state index contributed by atoms with van der Waals surface area (Å²) in [6.07, 6.45) is 4.67. The summed E-state index contributed by atoms with van der Waals surface area (Å²) in [6.45, 7) is 8.99. The molecule has 0 atom stereocenters. The van der Waals surface area contributed by atoms with E-state index in [0.717, 1.165) is 6.42 Å². The highest BCUT2D eigenvalue weighted by atomic mass is 19.1. The first-order valence-corrected chi connectivity index (χ1v) is 3.76. The van der Waals surface area contributed by atoms with E-state index in [-0.39, 0.29) is 5.83 Å². The van der Waals surface area contributed by atoms with Crippen LogP contribution in [-0.2, 0) is 0 Å². The Morgan fingerprint density at radius 2 is 1.91 bits per heavy atom. The van der Waals surface area contributed by atoms with Gasteiger partial charge in [-0.1, -0.05) is 31.2 Å². The second kappa shape index (κ2) is 4.89. The summed E-state index contributed by atoms with van der Waals surface area (Å²) in [7, 11) is 0. The quantitative estimate of drug-likeness (QED) is 0.543. The van der Waals surface area contributed by atoms with Crippen molar-refractivity contribution in [1.29, 1.82) is 0 Å². The standard InChI is InChI=1S/C10H15F/c1-5-8(2)6-7-9(3)10(4)11/h6-7H,4-5H2,1-3H3/b8-6+,9-7-. The van der Waals surface area contributed by atoms with Crippen LogP contribution in [0.5, 0.6) is 0 Å². The van der Waals surface area contributed by atoms with E-state index in [9.17, 15) is 4.39 Å². The minimum atomic E-state index is -0.356. The Hall–Kier alpha value is -0.850. The summed E-state index contributed by atoms with van der Waals surface area (Å²) in [5.41, 5.74) is 1.84. The molecule has 0 unspecified atom stereocenters. The molecule has 11 heavy (non-hydrogen) atoms. The third-order valence-electron chi connectivity index (χ3n) is 1.60. The second-order valence-corrected chi connectivity index (χ2v) is 2.62. The van der Waals surface area contributed by atoms with Gasteiger partial charge < -0.3 is 0 Å². The number of hydrogen-bond donors (Lipinski definition) is 0. The molecule has 62 valence electrons. The fourth-order valence-electron chi connectivity index (χ4n) is 0.476. The van der Waals surface area contributed by atoms with E-state index in [1.54, 1.807) is 13.0 Å². The molecule has 0 aromatic carbocycles. The monoisotopic (exact) mass is 154 g/mol. The third-order valence-corrected chi connectivity index (χ3v) is 1.60. The van der Waals surface area contributed by atoms with Gasteiger partial charge in [-0.05, 0) is 25.8 Å². The molecule has 0 N–H and O–H groups in total. The number of allylic oxidation sites excluding steroid dienone is 5. The van der Waals surface area contributed by atoms with E-state index in [1.165, 1.54) is 5.57 Å². The van der Waals surface area contributed by atoms with Crippen LogP contribution >= 0.6 is 0 Å². The molecule has 0 radical (unpaired) electrons. The third kappa shape index (κ3) is 4.54. The normalized spacial score (nSPS) is 13.5. The molecular weight excluding hydrogens is 139 g/mol. The van der Waals surface area contributed by atoms with Gasteiger partial charge in [-0.15, -0.1) is 0 Å². The number of halogens is 1. The Labute approximate surface area is 68.1 Å². The first kappa shape index (κ1) is 10.2. The van der Waals surface area contributed by atoms with E-state index >= 15 is 0 Å². The van der Waals surface area contributed by atoms with Crippen molar-refractivity contribution in [2.24, 2.45) is 0 Å². The van der Waals surface area contributed by atoms with Crippen LogP contribution in [0.1, 0.15) is 27.2 Å². The summed E-state index contributed by atoms with van der Waals surface area (Å²) < 4.78 is 12.4. The van der Waals surface area contributed by atoms with Crippen LogP contribution in [0.4, 0.5) is 4.39 Å². The van der Waals surface area contributed by atoms with Crippen LogP contribution in [0.25, 0.3) is 0 Å². The fraction of sp³-hybridized carbons (Fsp3) is 0.400. The molecule has 0 spiro atoms. The van der Waals surface area contributed by atoms with Crippen LogP contribution < -0.4 is 0 Å². The van der Waals surface area contributed by atoms with E-state index in [4.69, 9.17) is 0 Å². The van der Waals surface area contributed by atoms with Crippen molar-refractivity contribution in [3.05, 3.63) is 35.7 Å². The van der Waals surface area contributed by atoms with Gasteiger partial charge in [0.1, 0.15) is 5.83 Å². The fourth-order valence-corrected chi connectivity index (χ4v) is 0.476. The highest BCUT2D eigenvalue weighted by Crippen LogP contribution is 2.08. The molecule has 0 aliphatic carbocycles. The van der Waals surface area contributed by atoms with Gasteiger partial charge in [0.2, 0.25) is 0 Å². The van der Waals surface area contributed by atoms with Crippen LogP contribution in [0, 0.1) is 0 Å². The molecule has 0 bridgehead atoms. The van der Waals surface area contributed by atoms with Crippen molar-refractivity contribution >= 4 is 0 Å². The zero-order chi connectivity index (χ0) is 8.85. The van der Waals surface area contributed by atoms with Crippen molar-refractivity contribution < 1.29 is 4.39 Å². The van der Waals surface area contributed by atoms with Crippen LogP contribution in [0.2, 0.25) is 0 Å². The Kier molecular flexibility index (Phi) is 4.51. The van der Waals surface area contributed by atoms with Crippen molar-refractivity contribution in [3.63, 3.8) is 0 Å². The lowest BCUT2D eigenvalue weighted by Gasteiger charge is -1.93. The molecular formula is C10H15F. The topological polar surface area (TPSA) is 0 Å². The van der Waals surface area contributed by atoms with Crippen molar-refractivity contribution in [2.75, 3.05) is 0 Å². The molecule has 0 aromatic rings. The van der Waals surface area contributed by atoms with Crippen molar-refractivity contribution in [1.82, 2.24) is 0 Å². The molecule has 0 aliphatic heterocycles. The van der Waals surface area contributed by atoms with Crippen molar-refractivity contribution in [2.45, 2.75) is 27.2 Å². The molecule has 0 heterocycles. The largest absolute Gasteiger partial charge is 0.207 e. The molecule has 0 nitrogen and oxygen atoms in total. The number of hydrogen-bond acceptors (Lipinski definition) is 0. The van der Waals surface area contributed by atoms with Gasteiger partial charge in [0.15, 0.2) is 0 Å². The van der Waals surface area contributed by atoms with Crippen LogP contribution in [-0.4, -0.2) is 0 Å². The lowest BCUT2D eigenvalue weighted by atomic mass is 10.2. The van der Waals surface area contributed by atoms with E-state index < -0.39 is 0 Å². The second-order valence-electron chi connectivity index (χ2n) is 2.62. The highest BCUT2D eigenvalue weighted by Gasteiger charge is 1.90. The van der Waals surface area contributed by atoms with Gasteiger partial charge in [0.25, 0.3) is 0 Å². The minimum absolute atomic E-state index is 0.356. The molecule has 0 amide bonds. The molecule has 0 aromatic heterocycles. The Morgan fingerprint density at radius 1 is 1.36 bits per heavy atom. The zero-order valence-corrected chi connectivity index (χ0v) is 7.45. The van der Waals surface area contributed by atoms with Crippen LogP contribution in [0.15, 0.2) is 35.7 Å². The van der Waals surface area contributed by atoms with Gasteiger partial charge in [-0.25, -0.2) is 4.39 Å². The number of rotatable bonds is 3. The predicted octanol–water partition coefficient (Wildman–Crippen LogP) is 3.77. The van der Waals surface area contributed by atoms with Crippen LogP contribution in [0.3, 0.4) is 0 Å². The Balaban J connectivity index is 4.22. The van der Waals surface area contributed by atoms with Gasteiger partial charge in [-0.3, -0.25) is 0 Å². The minimum Gasteiger partial charge on any atom is -0.207 e. The average molecular weight is 154 g/mol. The lowest BCUT2D eigenvalue weighted by molar-refractivity contribution is 0.656. The van der Waals surface area contributed by atoms with Gasteiger partial charge in [0, 0.05) is 0 Å². The molecule has 0 saturated carbocycles. The maximum absolute atomic E-state index is 12.4. The SMILES string of the molecule is C=C(F)/C(C)=C\C=C(/C)CC. The van der Waals surface area contributed by atoms with E-state index in [1.807, 2.05) is 13.0 Å². The smallest absolute Gasteiger partial charge is 0.118 e. The summed E-state index contributed by atoms with van der Waals surface area (Å²) >= 11 is 0. The van der Waals surface area contributed by atoms with E-state index in [2.05, 4.69) is 13.5 Å². The summed E-state index contributed by atoms with van der Waals surface area (Å²) in [6, 6.07) is 0. The molecule has 0 fully saturated rings. The van der Waals surface area contributed by atoms with Gasteiger partial charge in [-0.2, -0.15) is 0 Å². The highest BCUT2D eigenvalue weighted by molar-refractivity contribution is 5.26. The maximum Gasteiger partial charge on any atom is 0.118 e. The predicted molar refractivity (Wildman–Crippen MR) is 48.1 cm³/mol. The first-order valence-electron chi connectivity index (χ1n) is 3.76. The molecule has 0 rings (SSSR count). The average Bonchev–Trinajstić information content (AvgIpc) is 1.99. The Bertz CT molecular complexity index is 197. The zero-order valence-electron chi connectivity index (χ0n) is 7.45. The maximum atomic E-state index is 12.4. The first-order chi connectivity index (χ1) is 5.07. The summed E-state index contributed by atoms with van der Waals surface area (Å²) in [4.78, 5) is 0. The lowest BCUT2D eigenvalue weighted by Crippen LogP contribution is -1.74. The summed E-state index contributed by atoms with van der Waals surface area (Å²) in [5, 5.41) is 0. The van der Waals surface area contributed by atoms with E-state index in [0.29, 0.717) is 5.57 Å². The molecule has 0 saturated heterocycles. The summed E-state index contributed by atoms with van der Waals surface area (Å²) in [5.74, 6) is -0.356. The molecule has 0 aliphatic rings. The van der Waals surface area contributed by atoms with Crippen molar-refractivity contribution in [3.8, 4) is 0 Å². The van der Waals surface area contributed by atoms with Gasteiger partial charge >= 0.3 is 0 Å². The Morgan fingerprint density at radius 3 is 2.27 bits per heavy atom. The van der Waals surface area contributed by atoms with Gasteiger partial charge in [0.05, 0.1) is 0 Å².